The summed E-state index contributed by atoms with van der Waals surface area (Å²) >= 11 is 6.29. The number of carbonyl (C=O) groups excluding carboxylic acids is 1. The lowest BCUT2D eigenvalue weighted by Crippen LogP contribution is -2.34. The number of amides is 1. The first-order valence-corrected chi connectivity index (χ1v) is 9.79. The summed E-state index contributed by atoms with van der Waals surface area (Å²) in [5.41, 5.74) is 2.02. The Labute approximate surface area is 172 Å². The molecule has 1 aliphatic rings. The summed E-state index contributed by atoms with van der Waals surface area (Å²) in [7, 11) is 0. The predicted molar refractivity (Wildman–Crippen MR) is 108 cm³/mol. The second-order valence-corrected chi connectivity index (χ2v) is 7.38. The molecule has 29 heavy (non-hydrogen) atoms. The number of nitrogens with one attached hydrogen (secondary N) is 1. The highest BCUT2D eigenvalue weighted by atomic mass is 35.5. The molecule has 0 saturated carbocycles. The van der Waals surface area contributed by atoms with Crippen LogP contribution in [0, 0.1) is 12.7 Å². The number of carbonyl (C=O) groups is 1. The number of aromatic nitrogens is 3. The molecule has 1 atom stereocenters. The van der Waals surface area contributed by atoms with E-state index in [0.717, 1.165) is 0 Å². The molecule has 1 N–H and O–H groups in total. The molecule has 3 heterocycles. The lowest BCUT2D eigenvalue weighted by Gasteiger charge is -2.25. The maximum absolute atomic E-state index is 14.2. The van der Waals surface area contributed by atoms with Crippen LogP contribution in [0.25, 0.3) is 5.65 Å². The van der Waals surface area contributed by atoms with Gasteiger partial charge in [0.2, 0.25) is 0 Å². The predicted octanol–water partition coefficient (Wildman–Crippen LogP) is 3.37. The zero-order chi connectivity index (χ0) is 20.7. The van der Waals surface area contributed by atoms with Gasteiger partial charge in [0, 0.05) is 24.8 Å². The molecule has 152 valence electrons. The van der Waals surface area contributed by atoms with Crippen LogP contribution in [0.2, 0.25) is 5.02 Å². The normalized spacial score (nSPS) is 17.2. The third-order valence-corrected chi connectivity index (χ3v) is 5.37. The lowest BCUT2D eigenvalue weighted by atomic mass is 10.1. The zero-order valence-corrected chi connectivity index (χ0v) is 17.1. The Bertz CT molecular complexity index is 1100. The minimum Gasteiger partial charge on any atom is -0.488 e. The summed E-state index contributed by atoms with van der Waals surface area (Å²) in [6, 6.07) is 4.66. The van der Waals surface area contributed by atoms with Gasteiger partial charge in [-0.2, -0.15) is 5.10 Å². The highest BCUT2D eigenvalue weighted by Crippen LogP contribution is 2.32. The van der Waals surface area contributed by atoms with Crippen molar-refractivity contribution in [2.45, 2.75) is 33.4 Å². The van der Waals surface area contributed by atoms with Crippen molar-refractivity contribution in [3.63, 3.8) is 0 Å². The number of benzene rings is 1. The van der Waals surface area contributed by atoms with Gasteiger partial charge in [-0.1, -0.05) is 11.6 Å². The Morgan fingerprint density at radius 2 is 2.17 bits per heavy atom. The van der Waals surface area contributed by atoms with Crippen molar-refractivity contribution in [2.24, 2.45) is 0 Å². The Balaban J connectivity index is 1.90. The molecule has 0 spiro atoms. The summed E-state index contributed by atoms with van der Waals surface area (Å²) in [6.07, 6.45) is 1.41. The first-order valence-electron chi connectivity index (χ1n) is 9.41. The van der Waals surface area contributed by atoms with E-state index in [0.29, 0.717) is 47.1 Å². The van der Waals surface area contributed by atoms with Gasteiger partial charge in [-0.05, 0) is 39.0 Å². The monoisotopic (exact) mass is 417 g/mol. The Kier molecular flexibility index (Phi) is 5.04. The molecule has 0 radical (unpaired) electrons. The first-order chi connectivity index (χ1) is 13.9. The molecular weight excluding hydrogens is 397 g/mol. The molecule has 4 rings (SSSR count). The topological polar surface area (TPSA) is 71.8 Å². The van der Waals surface area contributed by atoms with Gasteiger partial charge in [-0.25, -0.2) is 13.9 Å². The molecular formula is C20H21ClFN5O2. The molecule has 0 fully saturated rings. The van der Waals surface area contributed by atoms with Gasteiger partial charge >= 0.3 is 0 Å². The van der Waals surface area contributed by atoms with E-state index in [2.05, 4.69) is 15.4 Å². The molecule has 0 saturated heterocycles. The van der Waals surface area contributed by atoms with Crippen LogP contribution in [0.15, 0.2) is 24.4 Å². The number of halogens is 2. The van der Waals surface area contributed by atoms with Crippen molar-refractivity contribution in [1.82, 2.24) is 19.9 Å². The van der Waals surface area contributed by atoms with E-state index in [1.165, 1.54) is 6.07 Å². The highest BCUT2D eigenvalue weighted by Gasteiger charge is 2.23. The van der Waals surface area contributed by atoms with Crippen molar-refractivity contribution in [3.05, 3.63) is 52.1 Å². The number of nitrogens with zero attached hydrogens (tertiary/aromatic N) is 4. The number of anilines is 1. The Hall–Kier alpha value is -2.87. The van der Waals surface area contributed by atoms with Gasteiger partial charge in [0.15, 0.2) is 5.65 Å². The van der Waals surface area contributed by atoms with Crippen LogP contribution in [0.4, 0.5) is 10.2 Å². The van der Waals surface area contributed by atoms with E-state index in [4.69, 9.17) is 16.3 Å². The van der Waals surface area contributed by atoms with Crippen LogP contribution in [-0.2, 0) is 6.54 Å². The SMILES string of the molecule is CCN1Cc2c(ccc(F)c2Cl)O[C@@H](C)CNC(=O)c2c(C)nn3ccc1nc23. The van der Waals surface area contributed by atoms with Gasteiger partial charge in [-0.15, -0.1) is 0 Å². The zero-order valence-electron chi connectivity index (χ0n) is 16.4. The number of ether oxygens (including phenoxy) is 1. The van der Waals surface area contributed by atoms with E-state index in [-0.39, 0.29) is 23.6 Å². The fraction of sp³-hybridized carbons (Fsp3) is 0.350. The fourth-order valence-corrected chi connectivity index (χ4v) is 3.65. The maximum atomic E-state index is 14.2. The standard InChI is InChI=1S/C20H21ClFN5O2/c1-4-26-10-13-15(6-5-14(22)18(13)21)29-11(2)9-23-20(28)17-12(3)25-27-8-7-16(26)24-19(17)27/h5-8,11H,4,9-10H2,1-3H3,(H,23,28)/t11-/m0/s1. The van der Waals surface area contributed by atoms with Crippen LogP contribution < -0.4 is 15.0 Å². The van der Waals surface area contributed by atoms with Gasteiger partial charge < -0.3 is 15.0 Å². The average molecular weight is 418 g/mol. The number of fused-ring (bicyclic) bond motifs is 2. The van der Waals surface area contributed by atoms with E-state index < -0.39 is 5.82 Å². The minimum absolute atomic E-state index is 0.0222. The summed E-state index contributed by atoms with van der Waals surface area (Å²) in [5.74, 6) is 0.341. The van der Waals surface area contributed by atoms with Crippen molar-refractivity contribution < 1.29 is 13.9 Å². The van der Waals surface area contributed by atoms with Gasteiger partial charge in [0.1, 0.15) is 29.1 Å². The summed E-state index contributed by atoms with van der Waals surface area (Å²) in [4.78, 5) is 19.4. The van der Waals surface area contributed by atoms with Crippen LogP contribution >= 0.6 is 11.6 Å². The van der Waals surface area contributed by atoms with Gasteiger partial charge in [0.05, 0.1) is 17.3 Å². The van der Waals surface area contributed by atoms with Crippen molar-refractivity contribution in [3.8, 4) is 5.75 Å². The van der Waals surface area contributed by atoms with Crippen LogP contribution in [-0.4, -0.2) is 39.7 Å². The molecule has 1 amide bonds. The molecule has 1 aromatic carbocycles. The number of rotatable bonds is 1. The Morgan fingerprint density at radius 3 is 2.93 bits per heavy atom. The highest BCUT2D eigenvalue weighted by molar-refractivity contribution is 6.31. The van der Waals surface area contributed by atoms with Crippen LogP contribution in [0.5, 0.6) is 5.75 Å². The van der Waals surface area contributed by atoms with Gasteiger partial charge in [-0.3, -0.25) is 4.79 Å². The molecule has 0 aliphatic carbocycles. The number of hydrogen-bond donors (Lipinski definition) is 1. The smallest absolute Gasteiger partial charge is 0.257 e. The number of aryl methyl sites for hydroxylation is 1. The largest absolute Gasteiger partial charge is 0.488 e. The quantitative estimate of drug-likeness (QED) is 0.657. The van der Waals surface area contributed by atoms with Crippen molar-refractivity contribution >= 4 is 29.0 Å². The van der Waals surface area contributed by atoms with E-state index in [1.54, 1.807) is 29.8 Å². The van der Waals surface area contributed by atoms with E-state index in [1.807, 2.05) is 18.7 Å². The van der Waals surface area contributed by atoms with Gasteiger partial charge in [0.25, 0.3) is 5.91 Å². The van der Waals surface area contributed by atoms with Crippen LogP contribution in [0.1, 0.15) is 35.5 Å². The second-order valence-electron chi connectivity index (χ2n) is 7.01. The summed E-state index contributed by atoms with van der Waals surface area (Å²) in [5, 5.41) is 7.27. The lowest BCUT2D eigenvalue weighted by molar-refractivity contribution is 0.0933. The van der Waals surface area contributed by atoms with E-state index >= 15 is 0 Å². The minimum atomic E-state index is -0.507. The molecule has 1 aliphatic heterocycles. The molecule has 3 aromatic rings. The molecule has 7 nitrogen and oxygen atoms in total. The van der Waals surface area contributed by atoms with E-state index in [9.17, 15) is 9.18 Å². The van der Waals surface area contributed by atoms with Crippen molar-refractivity contribution in [2.75, 3.05) is 18.0 Å². The van der Waals surface area contributed by atoms with Crippen molar-refractivity contribution in [1.29, 1.82) is 0 Å². The third kappa shape index (κ3) is 3.48. The second kappa shape index (κ2) is 7.51. The molecule has 0 unspecified atom stereocenters. The summed E-state index contributed by atoms with van der Waals surface area (Å²) < 4.78 is 21.8. The van der Waals surface area contributed by atoms with Crippen LogP contribution in [0.3, 0.4) is 0 Å². The molecule has 2 bridgehead atoms. The molecule has 9 heteroatoms. The summed E-state index contributed by atoms with van der Waals surface area (Å²) in [6.45, 7) is 6.74. The molecule has 2 aromatic heterocycles. The average Bonchev–Trinajstić information content (AvgIpc) is 3.03. The number of hydrogen-bond acceptors (Lipinski definition) is 5. The fourth-order valence-electron chi connectivity index (χ4n) is 3.43. The Morgan fingerprint density at radius 1 is 1.38 bits per heavy atom. The first kappa shape index (κ1) is 19.4. The maximum Gasteiger partial charge on any atom is 0.257 e. The third-order valence-electron chi connectivity index (χ3n) is 4.96.